The quantitative estimate of drug-likeness (QED) is 0.919. The van der Waals surface area contributed by atoms with Crippen molar-refractivity contribution < 1.29 is 9.59 Å². The second kappa shape index (κ2) is 6.64. The molecule has 1 aliphatic heterocycles. The smallest absolute Gasteiger partial charge is 0.242 e. The van der Waals surface area contributed by atoms with E-state index in [-0.39, 0.29) is 18.4 Å². The van der Waals surface area contributed by atoms with Crippen LogP contribution in [0.15, 0.2) is 36.7 Å². The van der Waals surface area contributed by atoms with Crippen molar-refractivity contribution in [2.24, 2.45) is 0 Å². The molecule has 1 aromatic heterocycles. The van der Waals surface area contributed by atoms with Crippen molar-refractivity contribution in [1.29, 1.82) is 0 Å². The first-order valence-electron chi connectivity index (χ1n) is 7.75. The average Bonchev–Trinajstić information content (AvgIpc) is 2.59. The van der Waals surface area contributed by atoms with Gasteiger partial charge in [0.15, 0.2) is 0 Å². The van der Waals surface area contributed by atoms with Gasteiger partial charge in [0.05, 0.1) is 18.4 Å². The van der Waals surface area contributed by atoms with E-state index >= 15 is 0 Å². The Bertz CT molecular complexity index is 718. The lowest BCUT2D eigenvalue weighted by Gasteiger charge is -2.36. The normalized spacial score (nSPS) is 14.8. The zero-order chi connectivity index (χ0) is 16.2. The molecule has 1 saturated heterocycles. The maximum atomic E-state index is 12.0. The van der Waals surface area contributed by atoms with Gasteiger partial charge in [-0.05, 0) is 0 Å². The molecule has 0 bridgehead atoms. The van der Waals surface area contributed by atoms with Crippen molar-refractivity contribution in [3.8, 4) is 0 Å². The van der Waals surface area contributed by atoms with E-state index in [0.717, 1.165) is 24.2 Å². The predicted molar refractivity (Wildman–Crippen MR) is 89.2 cm³/mol. The minimum absolute atomic E-state index is 0.0316. The predicted octanol–water partition coefficient (Wildman–Crippen LogP) is 1.02. The van der Waals surface area contributed by atoms with Crippen molar-refractivity contribution in [3.63, 3.8) is 0 Å². The SMILES string of the molecule is CC(=O)NCC(=O)N1CCN(c2cncc3ccccc23)CC1. The van der Waals surface area contributed by atoms with Gasteiger partial charge >= 0.3 is 0 Å². The van der Waals surface area contributed by atoms with E-state index in [0.29, 0.717) is 13.1 Å². The van der Waals surface area contributed by atoms with Crippen LogP contribution >= 0.6 is 0 Å². The molecule has 2 amide bonds. The molecule has 6 heteroatoms. The summed E-state index contributed by atoms with van der Waals surface area (Å²) in [5, 5.41) is 4.86. The van der Waals surface area contributed by atoms with Gasteiger partial charge in [0.1, 0.15) is 0 Å². The number of carbonyl (C=O) groups is 2. The Kier molecular flexibility index (Phi) is 4.41. The van der Waals surface area contributed by atoms with Gasteiger partial charge < -0.3 is 15.1 Å². The van der Waals surface area contributed by atoms with E-state index in [4.69, 9.17) is 0 Å². The third-order valence-corrected chi connectivity index (χ3v) is 4.11. The Morgan fingerprint density at radius 1 is 1.13 bits per heavy atom. The van der Waals surface area contributed by atoms with Crippen LogP contribution < -0.4 is 10.2 Å². The van der Waals surface area contributed by atoms with Gasteiger partial charge in [-0.15, -0.1) is 0 Å². The van der Waals surface area contributed by atoms with Gasteiger partial charge in [-0.25, -0.2) is 0 Å². The van der Waals surface area contributed by atoms with Crippen LogP contribution in [0.3, 0.4) is 0 Å². The minimum atomic E-state index is -0.182. The van der Waals surface area contributed by atoms with E-state index in [1.807, 2.05) is 24.5 Å². The van der Waals surface area contributed by atoms with E-state index < -0.39 is 0 Å². The van der Waals surface area contributed by atoms with Crippen molar-refractivity contribution in [2.75, 3.05) is 37.6 Å². The highest BCUT2D eigenvalue weighted by Gasteiger charge is 2.22. The lowest BCUT2D eigenvalue weighted by Crippen LogP contribution is -2.51. The molecule has 2 aromatic rings. The van der Waals surface area contributed by atoms with E-state index in [1.54, 1.807) is 4.90 Å². The zero-order valence-corrected chi connectivity index (χ0v) is 13.2. The summed E-state index contributed by atoms with van der Waals surface area (Å²) in [7, 11) is 0. The van der Waals surface area contributed by atoms with Crippen molar-refractivity contribution in [3.05, 3.63) is 36.7 Å². The largest absolute Gasteiger partial charge is 0.366 e. The van der Waals surface area contributed by atoms with Crippen molar-refractivity contribution in [2.45, 2.75) is 6.92 Å². The molecule has 1 aliphatic rings. The van der Waals surface area contributed by atoms with Crippen LogP contribution in [-0.4, -0.2) is 54.4 Å². The van der Waals surface area contributed by atoms with E-state index in [2.05, 4.69) is 27.3 Å². The molecule has 0 saturated carbocycles. The molecule has 0 atom stereocenters. The number of anilines is 1. The summed E-state index contributed by atoms with van der Waals surface area (Å²) >= 11 is 0. The van der Waals surface area contributed by atoms with Crippen LogP contribution in [0.2, 0.25) is 0 Å². The molecule has 0 spiro atoms. The summed E-state index contributed by atoms with van der Waals surface area (Å²) < 4.78 is 0. The highest BCUT2D eigenvalue weighted by molar-refractivity contribution is 5.93. The van der Waals surface area contributed by atoms with E-state index in [1.165, 1.54) is 12.3 Å². The molecule has 1 N–H and O–H groups in total. The Morgan fingerprint density at radius 2 is 1.87 bits per heavy atom. The number of amides is 2. The first kappa shape index (κ1) is 15.3. The van der Waals surface area contributed by atoms with Crippen LogP contribution in [0.1, 0.15) is 6.92 Å². The van der Waals surface area contributed by atoms with Gasteiger partial charge in [-0.2, -0.15) is 0 Å². The minimum Gasteiger partial charge on any atom is -0.366 e. The summed E-state index contributed by atoms with van der Waals surface area (Å²) in [5.41, 5.74) is 1.11. The first-order chi connectivity index (χ1) is 11.1. The number of fused-ring (bicyclic) bond motifs is 1. The van der Waals surface area contributed by atoms with Crippen molar-refractivity contribution >= 4 is 28.3 Å². The number of hydrogen-bond donors (Lipinski definition) is 1. The summed E-state index contributed by atoms with van der Waals surface area (Å²) in [6, 6.07) is 8.19. The van der Waals surface area contributed by atoms with Crippen LogP contribution in [0.4, 0.5) is 5.69 Å². The fourth-order valence-corrected chi connectivity index (χ4v) is 2.86. The lowest BCUT2D eigenvalue weighted by molar-refractivity contribution is -0.132. The summed E-state index contributed by atoms with van der Waals surface area (Å²) in [6.45, 7) is 4.33. The van der Waals surface area contributed by atoms with E-state index in [9.17, 15) is 9.59 Å². The molecule has 1 aromatic carbocycles. The molecular formula is C17H20N4O2. The molecule has 2 heterocycles. The number of benzene rings is 1. The number of carbonyl (C=O) groups excluding carboxylic acids is 2. The summed E-state index contributed by atoms with van der Waals surface area (Å²) in [4.78, 5) is 31.3. The Labute approximate surface area is 135 Å². The molecule has 1 fully saturated rings. The summed E-state index contributed by atoms with van der Waals surface area (Å²) in [6.07, 6.45) is 3.75. The standard InChI is InChI=1S/C17H20N4O2/c1-13(22)19-12-17(23)21-8-6-20(7-9-21)16-11-18-10-14-4-2-3-5-15(14)16/h2-5,10-11H,6-9,12H2,1H3,(H,19,22). The highest BCUT2D eigenvalue weighted by atomic mass is 16.2. The lowest BCUT2D eigenvalue weighted by atomic mass is 10.1. The van der Waals surface area contributed by atoms with Gasteiger partial charge in [0, 0.05) is 50.1 Å². The number of hydrogen-bond acceptors (Lipinski definition) is 4. The molecule has 0 aliphatic carbocycles. The number of piperazine rings is 1. The number of nitrogens with one attached hydrogen (secondary N) is 1. The maximum absolute atomic E-state index is 12.0. The van der Waals surface area contributed by atoms with Crippen LogP contribution in [0.25, 0.3) is 10.8 Å². The molecular weight excluding hydrogens is 292 g/mol. The summed E-state index contributed by atoms with van der Waals surface area (Å²) in [5.74, 6) is -0.213. The monoisotopic (exact) mass is 312 g/mol. The third kappa shape index (κ3) is 3.41. The van der Waals surface area contributed by atoms with Crippen LogP contribution in [0, 0.1) is 0 Å². The van der Waals surface area contributed by atoms with Gasteiger partial charge in [0.25, 0.3) is 0 Å². The Hall–Kier alpha value is -2.63. The number of aromatic nitrogens is 1. The third-order valence-electron chi connectivity index (χ3n) is 4.11. The molecule has 0 radical (unpaired) electrons. The van der Waals surface area contributed by atoms with Crippen LogP contribution in [-0.2, 0) is 9.59 Å². The fraction of sp³-hybridized carbons (Fsp3) is 0.353. The van der Waals surface area contributed by atoms with Gasteiger partial charge in [-0.1, -0.05) is 24.3 Å². The molecule has 6 nitrogen and oxygen atoms in total. The van der Waals surface area contributed by atoms with Crippen LogP contribution in [0.5, 0.6) is 0 Å². The first-order valence-corrected chi connectivity index (χ1v) is 7.75. The number of nitrogens with zero attached hydrogens (tertiary/aromatic N) is 3. The molecule has 3 rings (SSSR count). The van der Waals surface area contributed by atoms with Gasteiger partial charge in [0.2, 0.25) is 11.8 Å². The molecule has 0 unspecified atom stereocenters. The fourth-order valence-electron chi connectivity index (χ4n) is 2.86. The zero-order valence-electron chi connectivity index (χ0n) is 13.2. The number of pyridine rings is 1. The molecule has 23 heavy (non-hydrogen) atoms. The topological polar surface area (TPSA) is 65.5 Å². The Morgan fingerprint density at radius 3 is 2.61 bits per heavy atom. The van der Waals surface area contributed by atoms with Gasteiger partial charge in [-0.3, -0.25) is 14.6 Å². The average molecular weight is 312 g/mol. The number of rotatable bonds is 3. The maximum Gasteiger partial charge on any atom is 0.242 e. The highest BCUT2D eigenvalue weighted by Crippen LogP contribution is 2.26. The Balaban J connectivity index is 1.66. The van der Waals surface area contributed by atoms with Crippen molar-refractivity contribution in [1.82, 2.24) is 15.2 Å². The second-order valence-corrected chi connectivity index (χ2v) is 5.66. The second-order valence-electron chi connectivity index (χ2n) is 5.66. The molecule has 120 valence electrons.